The number of carbonyl (C=O) groups is 1. The summed E-state index contributed by atoms with van der Waals surface area (Å²) in [6.07, 6.45) is 3.37. The zero-order valence-corrected chi connectivity index (χ0v) is 13.0. The van der Waals surface area contributed by atoms with Gasteiger partial charge in [0.2, 0.25) is 0 Å². The lowest BCUT2D eigenvalue weighted by Crippen LogP contribution is -2.21. The summed E-state index contributed by atoms with van der Waals surface area (Å²) in [5, 5.41) is 2.73. The van der Waals surface area contributed by atoms with Gasteiger partial charge >= 0.3 is 0 Å². The number of allylic oxidation sites excluding steroid dienone is 1. The van der Waals surface area contributed by atoms with Gasteiger partial charge in [0.1, 0.15) is 5.75 Å². The Hall–Kier alpha value is -1.77. The minimum Gasteiger partial charge on any atom is -0.493 e. The zero-order chi connectivity index (χ0) is 15.1. The van der Waals surface area contributed by atoms with Gasteiger partial charge in [0.25, 0.3) is 5.91 Å². The van der Waals surface area contributed by atoms with Crippen molar-refractivity contribution < 1.29 is 9.53 Å². The highest BCUT2D eigenvalue weighted by molar-refractivity contribution is 5.97. The maximum atomic E-state index is 12.1. The molecule has 0 radical (unpaired) electrons. The lowest BCUT2D eigenvalue weighted by molar-refractivity contribution is 0.0965. The molecular formula is C17H25NO2. The summed E-state index contributed by atoms with van der Waals surface area (Å²) in [5.74, 6) is 0.659. The molecule has 0 atom stereocenters. The van der Waals surface area contributed by atoms with Crippen molar-refractivity contribution in [2.75, 3.05) is 6.61 Å². The van der Waals surface area contributed by atoms with Gasteiger partial charge in [-0.1, -0.05) is 32.4 Å². The average molecular weight is 275 g/mol. The van der Waals surface area contributed by atoms with Crippen LogP contribution in [0.25, 0.3) is 0 Å². The molecular weight excluding hydrogens is 250 g/mol. The summed E-state index contributed by atoms with van der Waals surface area (Å²) in [4.78, 5) is 12.1. The van der Waals surface area contributed by atoms with Crippen molar-refractivity contribution in [3.63, 3.8) is 0 Å². The van der Waals surface area contributed by atoms with Crippen molar-refractivity contribution in [2.24, 2.45) is 0 Å². The Balaban J connectivity index is 2.85. The quantitative estimate of drug-likeness (QED) is 0.760. The van der Waals surface area contributed by atoms with Crippen molar-refractivity contribution >= 4 is 5.91 Å². The second-order valence-electron chi connectivity index (χ2n) is 5.22. The number of amides is 1. The van der Waals surface area contributed by atoms with Crippen LogP contribution < -0.4 is 10.1 Å². The number of aryl methyl sites for hydroxylation is 2. The fourth-order valence-electron chi connectivity index (χ4n) is 2.03. The lowest BCUT2D eigenvalue weighted by Gasteiger charge is -2.13. The van der Waals surface area contributed by atoms with Crippen molar-refractivity contribution in [3.05, 3.63) is 41.1 Å². The molecule has 0 heterocycles. The minimum atomic E-state index is -0.131. The molecule has 1 amide bonds. The van der Waals surface area contributed by atoms with Gasteiger partial charge in [0.05, 0.1) is 6.61 Å². The third-order valence-electron chi connectivity index (χ3n) is 3.10. The summed E-state index contributed by atoms with van der Waals surface area (Å²) in [5.41, 5.74) is 3.29. The van der Waals surface area contributed by atoms with E-state index >= 15 is 0 Å². The normalized spacial score (nSPS) is 10.2. The molecule has 0 bridgehead atoms. The van der Waals surface area contributed by atoms with Crippen molar-refractivity contribution in [1.82, 2.24) is 5.32 Å². The van der Waals surface area contributed by atoms with E-state index in [0.29, 0.717) is 17.9 Å². The van der Waals surface area contributed by atoms with Crippen molar-refractivity contribution in [3.8, 4) is 5.75 Å². The molecule has 0 aliphatic heterocycles. The maximum absolute atomic E-state index is 12.1. The summed E-state index contributed by atoms with van der Waals surface area (Å²) in [6.45, 7) is 12.3. The molecule has 3 nitrogen and oxygen atoms in total. The van der Waals surface area contributed by atoms with E-state index in [4.69, 9.17) is 4.74 Å². The van der Waals surface area contributed by atoms with E-state index in [1.54, 1.807) is 6.92 Å². The second kappa shape index (κ2) is 7.73. The fraction of sp³-hybridized carbons (Fsp3) is 0.471. The predicted octanol–water partition coefficient (Wildman–Crippen LogP) is 4.14. The molecule has 0 fully saturated rings. The Morgan fingerprint density at radius 3 is 2.55 bits per heavy atom. The van der Waals surface area contributed by atoms with Crippen LogP contribution in [0.2, 0.25) is 0 Å². The Bertz CT molecular complexity index is 492. The maximum Gasteiger partial charge on any atom is 0.255 e. The van der Waals surface area contributed by atoms with Crippen molar-refractivity contribution in [2.45, 2.75) is 47.0 Å². The second-order valence-corrected chi connectivity index (χ2v) is 5.22. The van der Waals surface area contributed by atoms with Crippen LogP contribution in [0.15, 0.2) is 24.4 Å². The van der Waals surface area contributed by atoms with Gasteiger partial charge in [0, 0.05) is 11.3 Å². The Labute approximate surface area is 122 Å². The SMILES string of the molecule is C=C(C)NC(=O)c1cc(OCCCCC)c(C)cc1C. The molecule has 1 rings (SSSR count). The molecule has 0 aliphatic rings. The molecule has 1 aromatic rings. The van der Waals surface area contributed by atoms with Crippen LogP contribution in [-0.2, 0) is 0 Å². The third-order valence-corrected chi connectivity index (χ3v) is 3.10. The first kappa shape index (κ1) is 16.3. The van der Waals surface area contributed by atoms with Gasteiger partial charge in [-0.15, -0.1) is 0 Å². The van der Waals surface area contributed by atoms with E-state index in [1.165, 1.54) is 6.42 Å². The van der Waals surface area contributed by atoms with Gasteiger partial charge in [-0.25, -0.2) is 0 Å². The van der Waals surface area contributed by atoms with Crippen LogP contribution in [0.5, 0.6) is 5.75 Å². The third kappa shape index (κ3) is 4.72. The van der Waals surface area contributed by atoms with Crippen LogP contribution in [-0.4, -0.2) is 12.5 Å². The highest BCUT2D eigenvalue weighted by Gasteiger charge is 2.12. The standard InChI is InChI=1S/C17H25NO2/c1-6-7-8-9-20-16-11-15(13(4)10-14(16)5)17(19)18-12(2)3/h10-11H,2,6-9H2,1,3-5H3,(H,18,19). The van der Waals surface area contributed by atoms with E-state index in [9.17, 15) is 4.79 Å². The molecule has 1 aromatic carbocycles. The molecule has 0 unspecified atom stereocenters. The fourth-order valence-corrected chi connectivity index (χ4v) is 2.03. The highest BCUT2D eigenvalue weighted by Crippen LogP contribution is 2.23. The largest absolute Gasteiger partial charge is 0.493 e. The van der Waals surface area contributed by atoms with E-state index in [0.717, 1.165) is 29.7 Å². The van der Waals surface area contributed by atoms with Crippen LogP contribution >= 0.6 is 0 Å². The van der Waals surface area contributed by atoms with Crippen LogP contribution in [0, 0.1) is 13.8 Å². The molecule has 0 saturated heterocycles. The van der Waals surface area contributed by atoms with Crippen LogP contribution in [0.1, 0.15) is 54.6 Å². The zero-order valence-electron chi connectivity index (χ0n) is 13.0. The molecule has 110 valence electrons. The van der Waals surface area contributed by atoms with E-state index in [-0.39, 0.29) is 5.91 Å². The number of ether oxygens (including phenoxy) is 1. The van der Waals surface area contributed by atoms with E-state index in [2.05, 4.69) is 18.8 Å². The topological polar surface area (TPSA) is 38.3 Å². The van der Waals surface area contributed by atoms with Gasteiger partial charge < -0.3 is 10.1 Å². The Morgan fingerprint density at radius 1 is 1.25 bits per heavy atom. The summed E-state index contributed by atoms with van der Waals surface area (Å²) < 4.78 is 5.79. The molecule has 0 saturated carbocycles. The monoisotopic (exact) mass is 275 g/mol. The number of hydrogen-bond acceptors (Lipinski definition) is 2. The first-order valence-electron chi connectivity index (χ1n) is 7.16. The van der Waals surface area contributed by atoms with Crippen LogP contribution in [0.3, 0.4) is 0 Å². The van der Waals surface area contributed by atoms with Gasteiger partial charge in [-0.3, -0.25) is 4.79 Å². The number of unbranched alkanes of at least 4 members (excludes halogenated alkanes) is 2. The van der Waals surface area contributed by atoms with Crippen LogP contribution in [0.4, 0.5) is 0 Å². The summed E-state index contributed by atoms with van der Waals surface area (Å²) >= 11 is 0. The Kier molecular flexibility index (Phi) is 6.29. The minimum absolute atomic E-state index is 0.131. The van der Waals surface area contributed by atoms with E-state index < -0.39 is 0 Å². The van der Waals surface area contributed by atoms with Gasteiger partial charge in [-0.2, -0.15) is 0 Å². The van der Waals surface area contributed by atoms with E-state index in [1.807, 2.05) is 26.0 Å². The number of hydrogen-bond donors (Lipinski definition) is 1. The lowest BCUT2D eigenvalue weighted by atomic mass is 10.0. The highest BCUT2D eigenvalue weighted by atomic mass is 16.5. The van der Waals surface area contributed by atoms with Gasteiger partial charge in [0.15, 0.2) is 0 Å². The number of nitrogens with one attached hydrogen (secondary N) is 1. The predicted molar refractivity (Wildman–Crippen MR) is 83.2 cm³/mol. The number of carbonyl (C=O) groups excluding carboxylic acids is 1. The molecule has 20 heavy (non-hydrogen) atoms. The average Bonchev–Trinajstić information content (AvgIpc) is 2.35. The van der Waals surface area contributed by atoms with Crippen molar-refractivity contribution in [1.29, 1.82) is 0 Å². The summed E-state index contributed by atoms with van der Waals surface area (Å²) in [6, 6.07) is 3.82. The molecule has 0 spiro atoms. The summed E-state index contributed by atoms with van der Waals surface area (Å²) in [7, 11) is 0. The molecule has 0 aromatic heterocycles. The molecule has 3 heteroatoms. The first-order chi connectivity index (χ1) is 9.45. The molecule has 1 N–H and O–H groups in total. The number of rotatable bonds is 7. The first-order valence-corrected chi connectivity index (χ1v) is 7.16. The number of benzene rings is 1. The smallest absolute Gasteiger partial charge is 0.255 e. The van der Waals surface area contributed by atoms with Gasteiger partial charge in [-0.05, 0) is 44.4 Å². The molecule has 0 aliphatic carbocycles. The Morgan fingerprint density at radius 2 is 1.95 bits per heavy atom.